The number of ether oxygens (including phenoxy) is 4. The van der Waals surface area contributed by atoms with Gasteiger partial charge in [-0.25, -0.2) is 0 Å². The molecule has 28 heavy (non-hydrogen) atoms. The summed E-state index contributed by atoms with van der Waals surface area (Å²) in [5.74, 6) is -2.56. The number of benzene rings is 1. The van der Waals surface area contributed by atoms with Crippen molar-refractivity contribution in [3.05, 3.63) is 59.7 Å². The van der Waals surface area contributed by atoms with Gasteiger partial charge in [-0.2, -0.15) is 0 Å². The van der Waals surface area contributed by atoms with E-state index in [4.69, 9.17) is 18.9 Å². The first kappa shape index (κ1) is 23.9. The second-order valence-electron chi connectivity index (χ2n) is 6.70. The van der Waals surface area contributed by atoms with Gasteiger partial charge in [-0.1, -0.05) is 36.4 Å². The minimum absolute atomic E-state index is 0.116. The molecule has 0 atom stereocenters. The molecule has 0 saturated heterocycles. The molecule has 0 fully saturated rings. The molecule has 0 aromatic heterocycles. The molecule has 154 valence electrons. The topological polar surface area (TPSA) is 71.1 Å². The maximum Gasteiger partial charge on any atom is 0.249 e. The van der Waals surface area contributed by atoms with Crippen molar-refractivity contribution in [2.24, 2.45) is 0 Å². The molecule has 0 amide bonds. The number of methoxy groups -OCH3 is 2. The van der Waals surface area contributed by atoms with Crippen molar-refractivity contribution in [1.29, 1.82) is 0 Å². The number of allylic oxidation sites excluding steroid dienone is 2. The standard InChI is InChI=1S/C15H24O5.C7H6O/c1-11(2)19-14(20-12(3)4)8-7-13(10-16)9-15(14,17-5)18-6;8-6-7-4-2-1-3-5-7/h7-12H,1-6H3;1-6H. The molecule has 6 heteroatoms. The van der Waals surface area contributed by atoms with Gasteiger partial charge in [-0.3, -0.25) is 9.59 Å². The van der Waals surface area contributed by atoms with Crippen LogP contribution in [0.4, 0.5) is 0 Å². The maximum atomic E-state index is 11.0. The quantitative estimate of drug-likeness (QED) is 0.498. The third kappa shape index (κ3) is 5.94. The molecular weight excluding hydrogens is 360 g/mol. The van der Waals surface area contributed by atoms with E-state index in [0.29, 0.717) is 5.57 Å². The maximum absolute atomic E-state index is 11.0. The number of hydrogen-bond donors (Lipinski definition) is 0. The van der Waals surface area contributed by atoms with Crippen LogP contribution >= 0.6 is 0 Å². The lowest BCUT2D eigenvalue weighted by molar-refractivity contribution is -0.374. The number of hydrogen-bond acceptors (Lipinski definition) is 6. The molecule has 1 aromatic carbocycles. The van der Waals surface area contributed by atoms with Crippen LogP contribution in [0.5, 0.6) is 0 Å². The van der Waals surface area contributed by atoms with Crippen LogP contribution < -0.4 is 0 Å². The minimum atomic E-state index is -1.31. The Morgan fingerprint density at radius 3 is 1.71 bits per heavy atom. The number of rotatable bonds is 8. The van der Waals surface area contributed by atoms with Gasteiger partial charge in [0.05, 0.1) is 12.2 Å². The molecule has 0 heterocycles. The molecule has 0 spiro atoms. The Morgan fingerprint density at radius 2 is 1.36 bits per heavy atom. The van der Waals surface area contributed by atoms with E-state index in [0.717, 1.165) is 18.1 Å². The summed E-state index contributed by atoms with van der Waals surface area (Å²) < 4.78 is 23.0. The predicted molar refractivity (Wildman–Crippen MR) is 107 cm³/mol. The van der Waals surface area contributed by atoms with Crippen LogP contribution in [0.1, 0.15) is 38.1 Å². The fourth-order valence-corrected chi connectivity index (χ4v) is 2.75. The largest absolute Gasteiger partial charge is 0.345 e. The van der Waals surface area contributed by atoms with E-state index in [1.807, 2.05) is 45.9 Å². The Morgan fingerprint density at radius 1 is 0.821 bits per heavy atom. The van der Waals surface area contributed by atoms with Gasteiger partial charge in [0.1, 0.15) is 12.6 Å². The van der Waals surface area contributed by atoms with Gasteiger partial charge in [-0.15, -0.1) is 0 Å². The average Bonchev–Trinajstić information content (AvgIpc) is 2.68. The molecule has 1 aromatic rings. The summed E-state index contributed by atoms with van der Waals surface area (Å²) in [6.07, 6.45) is 6.23. The van der Waals surface area contributed by atoms with Gasteiger partial charge in [0.15, 0.2) is 0 Å². The Bertz CT molecular complexity index is 662. The molecule has 0 unspecified atom stereocenters. The second-order valence-corrected chi connectivity index (χ2v) is 6.70. The van der Waals surface area contributed by atoms with Crippen molar-refractivity contribution in [3.8, 4) is 0 Å². The van der Waals surface area contributed by atoms with Crippen molar-refractivity contribution in [3.63, 3.8) is 0 Å². The zero-order chi connectivity index (χ0) is 21.2. The molecule has 1 aliphatic carbocycles. The van der Waals surface area contributed by atoms with Gasteiger partial charge >= 0.3 is 0 Å². The van der Waals surface area contributed by atoms with E-state index in [2.05, 4.69) is 0 Å². The van der Waals surface area contributed by atoms with Gasteiger partial charge < -0.3 is 18.9 Å². The first-order valence-corrected chi connectivity index (χ1v) is 9.11. The average molecular weight is 390 g/mol. The van der Waals surface area contributed by atoms with Crippen LogP contribution in [-0.2, 0) is 23.7 Å². The Labute approximate surface area is 167 Å². The van der Waals surface area contributed by atoms with Crippen molar-refractivity contribution < 1.29 is 28.5 Å². The van der Waals surface area contributed by atoms with Crippen molar-refractivity contribution in [1.82, 2.24) is 0 Å². The van der Waals surface area contributed by atoms with Gasteiger partial charge in [0.2, 0.25) is 11.6 Å². The molecule has 0 radical (unpaired) electrons. The molecule has 0 aliphatic heterocycles. The summed E-state index contributed by atoms with van der Waals surface area (Å²) in [6, 6.07) is 9.10. The molecule has 0 saturated carbocycles. The Hall–Kier alpha value is -2.12. The molecule has 0 bridgehead atoms. The van der Waals surface area contributed by atoms with Gasteiger partial charge in [-0.05, 0) is 39.8 Å². The van der Waals surface area contributed by atoms with Crippen LogP contribution in [0.15, 0.2) is 54.1 Å². The lowest BCUT2D eigenvalue weighted by Crippen LogP contribution is -2.60. The van der Waals surface area contributed by atoms with E-state index < -0.39 is 11.6 Å². The summed E-state index contributed by atoms with van der Waals surface area (Å²) in [4.78, 5) is 21.0. The third-order valence-corrected chi connectivity index (χ3v) is 3.84. The molecular formula is C22H30O6. The number of aldehydes is 2. The van der Waals surface area contributed by atoms with Crippen molar-refractivity contribution >= 4 is 12.6 Å². The van der Waals surface area contributed by atoms with Crippen LogP contribution in [0.2, 0.25) is 0 Å². The van der Waals surface area contributed by atoms with Crippen LogP contribution in [0.25, 0.3) is 0 Å². The van der Waals surface area contributed by atoms with Crippen LogP contribution in [0.3, 0.4) is 0 Å². The van der Waals surface area contributed by atoms with Gasteiger partial charge in [0.25, 0.3) is 0 Å². The highest BCUT2D eigenvalue weighted by molar-refractivity contribution is 5.78. The summed E-state index contributed by atoms with van der Waals surface area (Å²) in [7, 11) is 2.98. The zero-order valence-corrected chi connectivity index (χ0v) is 17.4. The lowest BCUT2D eigenvalue weighted by Gasteiger charge is -2.47. The molecule has 1 aliphatic rings. The lowest BCUT2D eigenvalue weighted by atomic mass is 9.94. The SMILES string of the molecule is COC1(OC)C=C(C=O)C=CC1(OC(C)C)OC(C)C.O=Cc1ccccc1. The normalized spacial score (nSPS) is 16.9. The molecule has 0 N–H and O–H groups in total. The van der Waals surface area contributed by atoms with Crippen molar-refractivity contribution in [2.75, 3.05) is 14.2 Å². The fourth-order valence-electron chi connectivity index (χ4n) is 2.75. The van der Waals surface area contributed by atoms with Crippen molar-refractivity contribution in [2.45, 2.75) is 51.5 Å². The smallest absolute Gasteiger partial charge is 0.249 e. The van der Waals surface area contributed by atoms with E-state index >= 15 is 0 Å². The summed E-state index contributed by atoms with van der Waals surface area (Å²) in [6.45, 7) is 7.59. The Balaban J connectivity index is 0.000000406. The fraction of sp³-hybridized carbons (Fsp3) is 0.455. The van der Waals surface area contributed by atoms with Crippen LogP contribution in [-0.4, -0.2) is 50.6 Å². The van der Waals surface area contributed by atoms with E-state index in [-0.39, 0.29) is 12.2 Å². The third-order valence-electron chi connectivity index (χ3n) is 3.84. The van der Waals surface area contributed by atoms with E-state index in [1.54, 1.807) is 30.4 Å². The first-order chi connectivity index (χ1) is 13.3. The highest BCUT2D eigenvalue weighted by atomic mass is 16.8. The highest BCUT2D eigenvalue weighted by Gasteiger charge is 2.55. The van der Waals surface area contributed by atoms with Gasteiger partial charge in [0, 0.05) is 25.4 Å². The molecule has 6 nitrogen and oxygen atoms in total. The highest BCUT2D eigenvalue weighted by Crippen LogP contribution is 2.40. The predicted octanol–water partition coefficient (Wildman–Crippen LogP) is 3.72. The summed E-state index contributed by atoms with van der Waals surface area (Å²) in [5, 5.41) is 0. The Kier molecular flexibility index (Phi) is 9.41. The van der Waals surface area contributed by atoms with E-state index in [9.17, 15) is 9.59 Å². The molecule has 2 rings (SSSR count). The zero-order valence-electron chi connectivity index (χ0n) is 17.4. The van der Waals surface area contributed by atoms with Crippen LogP contribution in [0, 0.1) is 0 Å². The summed E-state index contributed by atoms with van der Waals surface area (Å²) in [5.41, 5.74) is 1.18. The summed E-state index contributed by atoms with van der Waals surface area (Å²) >= 11 is 0. The monoisotopic (exact) mass is 390 g/mol. The second kappa shape index (κ2) is 11.0. The first-order valence-electron chi connectivity index (χ1n) is 9.11. The number of carbonyl (C=O) groups is 2. The van der Waals surface area contributed by atoms with E-state index in [1.165, 1.54) is 14.2 Å². The minimum Gasteiger partial charge on any atom is -0.345 e. The number of carbonyl (C=O) groups excluding carboxylic acids is 2.